The Morgan fingerprint density at radius 2 is 1.74 bits per heavy atom. The Morgan fingerprint density at radius 3 is 2.52 bits per heavy atom. The molecule has 2 rings (SSSR count). The van der Waals surface area contributed by atoms with Crippen LogP contribution in [0.1, 0.15) is 12.0 Å². The van der Waals surface area contributed by atoms with Gasteiger partial charge < -0.3 is 20.1 Å². The maximum absolute atomic E-state index is 11.7. The molecule has 0 saturated carbocycles. The first-order chi connectivity index (χ1) is 11.3. The number of amides is 2. The summed E-state index contributed by atoms with van der Waals surface area (Å²) in [5.74, 6) is 1.61. The van der Waals surface area contributed by atoms with Crippen LogP contribution in [-0.4, -0.2) is 26.3 Å². The van der Waals surface area contributed by atoms with E-state index in [1.54, 1.807) is 7.11 Å². The van der Waals surface area contributed by atoms with Gasteiger partial charge in [-0.3, -0.25) is 0 Å². The molecule has 5 heteroatoms. The predicted molar refractivity (Wildman–Crippen MR) is 89.8 cm³/mol. The fourth-order valence-electron chi connectivity index (χ4n) is 2.07. The Labute approximate surface area is 136 Å². The number of carbonyl (C=O) groups is 1. The third-order valence-corrected chi connectivity index (χ3v) is 3.25. The van der Waals surface area contributed by atoms with E-state index in [4.69, 9.17) is 9.47 Å². The molecule has 0 atom stereocenters. The molecule has 2 aromatic carbocycles. The molecule has 0 heterocycles. The van der Waals surface area contributed by atoms with E-state index in [-0.39, 0.29) is 6.03 Å². The largest absolute Gasteiger partial charge is 0.496 e. The number of benzene rings is 2. The SMILES string of the molecule is COc1ccccc1CNC(=O)NCCCOc1ccccc1. The highest BCUT2D eigenvalue weighted by Gasteiger charge is 2.04. The second-order valence-electron chi connectivity index (χ2n) is 4.94. The number of hydrogen-bond acceptors (Lipinski definition) is 3. The van der Waals surface area contributed by atoms with Crippen LogP contribution < -0.4 is 20.1 Å². The molecular formula is C18H22N2O3. The summed E-state index contributed by atoms with van der Waals surface area (Å²) in [5.41, 5.74) is 0.942. The lowest BCUT2D eigenvalue weighted by atomic mass is 10.2. The second-order valence-corrected chi connectivity index (χ2v) is 4.94. The highest BCUT2D eigenvalue weighted by atomic mass is 16.5. The number of carbonyl (C=O) groups excluding carboxylic acids is 1. The number of rotatable bonds is 8. The Kier molecular flexibility index (Phi) is 6.78. The molecule has 2 amide bonds. The van der Waals surface area contributed by atoms with Crippen molar-refractivity contribution in [2.45, 2.75) is 13.0 Å². The summed E-state index contributed by atoms with van der Waals surface area (Å²) < 4.78 is 10.8. The summed E-state index contributed by atoms with van der Waals surface area (Å²) in [6.45, 7) is 1.55. The van der Waals surface area contributed by atoms with Gasteiger partial charge in [0.05, 0.1) is 13.7 Å². The van der Waals surface area contributed by atoms with E-state index >= 15 is 0 Å². The van der Waals surface area contributed by atoms with Crippen LogP contribution in [0.4, 0.5) is 4.79 Å². The molecule has 0 radical (unpaired) electrons. The van der Waals surface area contributed by atoms with Crippen molar-refractivity contribution in [3.8, 4) is 11.5 Å². The number of nitrogens with one attached hydrogen (secondary N) is 2. The van der Waals surface area contributed by atoms with Gasteiger partial charge in [0.2, 0.25) is 0 Å². The molecule has 0 aliphatic rings. The van der Waals surface area contributed by atoms with Gasteiger partial charge >= 0.3 is 6.03 Å². The summed E-state index contributed by atoms with van der Waals surface area (Å²) in [6, 6.07) is 17.0. The van der Waals surface area contributed by atoms with Gasteiger partial charge in [-0.2, -0.15) is 0 Å². The molecule has 0 saturated heterocycles. The summed E-state index contributed by atoms with van der Waals surface area (Å²) in [6.07, 6.45) is 0.747. The van der Waals surface area contributed by atoms with E-state index in [9.17, 15) is 4.79 Å². The molecule has 0 fully saturated rings. The number of methoxy groups -OCH3 is 1. The first-order valence-corrected chi connectivity index (χ1v) is 7.61. The lowest BCUT2D eigenvalue weighted by Crippen LogP contribution is -2.36. The zero-order valence-corrected chi connectivity index (χ0v) is 13.2. The number of ether oxygens (including phenoxy) is 2. The molecular weight excluding hydrogens is 292 g/mol. The van der Waals surface area contributed by atoms with Crippen LogP contribution in [0, 0.1) is 0 Å². The molecule has 0 spiro atoms. The van der Waals surface area contributed by atoms with Crippen molar-refractivity contribution >= 4 is 6.03 Å². The summed E-state index contributed by atoms with van der Waals surface area (Å²) >= 11 is 0. The minimum absolute atomic E-state index is 0.199. The topological polar surface area (TPSA) is 59.6 Å². The standard InChI is InChI=1S/C18H22N2O3/c1-22-17-11-6-5-8-15(17)14-20-18(21)19-12-7-13-23-16-9-3-2-4-10-16/h2-6,8-11H,7,12-14H2,1H3,(H2,19,20,21). The van der Waals surface area contributed by atoms with Gasteiger partial charge in [0.15, 0.2) is 0 Å². The Bertz CT molecular complexity index is 602. The van der Waals surface area contributed by atoms with E-state index in [0.717, 1.165) is 23.5 Å². The number of hydrogen-bond donors (Lipinski definition) is 2. The molecule has 5 nitrogen and oxygen atoms in total. The lowest BCUT2D eigenvalue weighted by molar-refractivity contribution is 0.238. The molecule has 0 unspecified atom stereocenters. The average molecular weight is 314 g/mol. The third-order valence-electron chi connectivity index (χ3n) is 3.25. The molecule has 0 aliphatic heterocycles. The van der Waals surface area contributed by atoms with Crippen LogP contribution >= 0.6 is 0 Å². The van der Waals surface area contributed by atoms with Crippen LogP contribution in [0.3, 0.4) is 0 Å². The lowest BCUT2D eigenvalue weighted by Gasteiger charge is -2.11. The van der Waals surface area contributed by atoms with Crippen LogP contribution in [0.25, 0.3) is 0 Å². The average Bonchev–Trinajstić information content (AvgIpc) is 2.60. The Balaban J connectivity index is 1.60. The van der Waals surface area contributed by atoms with Gasteiger partial charge in [-0.1, -0.05) is 36.4 Å². The van der Waals surface area contributed by atoms with Crippen LogP contribution in [-0.2, 0) is 6.54 Å². The quantitative estimate of drug-likeness (QED) is 0.737. The van der Waals surface area contributed by atoms with Crippen molar-refractivity contribution in [2.24, 2.45) is 0 Å². The van der Waals surface area contributed by atoms with E-state index in [2.05, 4.69) is 10.6 Å². The van der Waals surface area contributed by atoms with Crippen molar-refractivity contribution in [2.75, 3.05) is 20.3 Å². The molecule has 122 valence electrons. The van der Waals surface area contributed by atoms with Crippen molar-refractivity contribution in [3.05, 3.63) is 60.2 Å². The smallest absolute Gasteiger partial charge is 0.315 e. The molecule has 0 aromatic heterocycles. The number of urea groups is 1. The van der Waals surface area contributed by atoms with Gasteiger partial charge in [0, 0.05) is 18.7 Å². The molecule has 0 aliphatic carbocycles. The third kappa shape index (κ3) is 5.90. The fourth-order valence-corrected chi connectivity index (χ4v) is 2.07. The van der Waals surface area contributed by atoms with Crippen LogP contribution in [0.5, 0.6) is 11.5 Å². The van der Waals surface area contributed by atoms with Gasteiger partial charge in [-0.05, 0) is 24.6 Å². The maximum Gasteiger partial charge on any atom is 0.315 e. The van der Waals surface area contributed by atoms with Crippen LogP contribution in [0.15, 0.2) is 54.6 Å². The predicted octanol–water partition coefficient (Wildman–Crippen LogP) is 2.96. The maximum atomic E-state index is 11.7. The highest BCUT2D eigenvalue weighted by molar-refractivity contribution is 5.73. The molecule has 23 heavy (non-hydrogen) atoms. The van der Waals surface area contributed by atoms with Crippen molar-refractivity contribution in [1.29, 1.82) is 0 Å². The fraction of sp³-hybridized carbons (Fsp3) is 0.278. The Morgan fingerprint density at radius 1 is 1.00 bits per heavy atom. The number of para-hydroxylation sites is 2. The summed E-state index contributed by atoms with van der Waals surface area (Å²) in [5, 5.41) is 5.62. The Hall–Kier alpha value is -2.69. The first-order valence-electron chi connectivity index (χ1n) is 7.61. The minimum atomic E-state index is -0.199. The van der Waals surface area contributed by atoms with Crippen molar-refractivity contribution in [3.63, 3.8) is 0 Å². The first kappa shape index (κ1) is 16.7. The van der Waals surface area contributed by atoms with Gasteiger partial charge in [0.1, 0.15) is 11.5 Å². The molecule has 0 bridgehead atoms. The van der Waals surface area contributed by atoms with Crippen LogP contribution in [0.2, 0.25) is 0 Å². The summed E-state index contributed by atoms with van der Waals surface area (Å²) in [4.78, 5) is 11.7. The van der Waals surface area contributed by atoms with Gasteiger partial charge in [-0.15, -0.1) is 0 Å². The van der Waals surface area contributed by atoms with Gasteiger partial charge in [-0.25, -0.2) is 4.79 Å². The van der Waals surface area contributed by atoms with E-state index in [1.165, 1.54) is 0 Å². The second kappa shape index (κ2) is 9.35. The van der Waals surface area contributed by atoms with E-state index in [1.807, 2.05) is 54.6 Å². The molecule has 2 aromatic rings. The molecule has 2 N–H and O–H groups in total. The van der Waals surface area contributed by atoms with Crippen molar-refractivity contribution < 1.29 is 14.3 Å². The van der Waals surface area contributed by atoms with E-state index in [0.29, 0.717) is 19.7 Å². The summed E-state index contributed by atoms with van der Waals surface area (Å²) in [7, 11) is 1.62. The van der Waals surface area contributed by atoms with E-state index < -0.39 is 0 Å². The van der Waals surface area contributed by atoms with Gasteiger partial charge in [0.25, 0.3) is 0 Å². The minimum Gasteiger partial charge on any atom is -0.496 e. The zero-order valence-electron chi connectivity index (χ0n) is 13.2. The zero-order chi connectivity index (χ0) is 16.3. The monoisotopic (exact) mass is 314 g/mol. The van der Waals surface area contributed by atoms with Crippen molar-refractivity contribution in [1.82, 2.24) is 10.6 Å². The highest BCUT2D eigenvalue weighted by Crippen LogP contribution is 2.16. The normalized spacial score (nSPS) is 9.96.